The summed E-state index contributed by atoms with van der Waals surface area (Å²) in [7, 11) is 1.97. The van der Waals surface area contributed by atoms with E-state index in [2.05, 4.69) is 17.3 Å². The van der Waals surface area contributed by atoms with Crippen molar-refractivity contribution in [1.29, 1.82) is 0 Å². The minimum Gasteiger partial charge on any atom is -0.444 e. The van der Waals surface area contributed by atoms with Crippen LogP contribution in [0.15, 0.2) is 0 Å². The summed E-state index contributed by atoms with van der Waals surface area (Å²) in [6.45, 7) is 12.1. The normalized spacial score (nSPS) is 19.0. The van der Waals surface area contributed by atoms with E-state index in [1.54, 1.807) is 0 Å². The van der Waals surface area contributed by atoms with Gasteiger partial charge in [-0.3, -0.25) is 4.68 Å². The number of carbonyl (C=O) groups excluding carboxylic acids is 1. The maximum absolute atomic E-state index is 12.2. The van der Waals surface area contributed by atoms with Crippen molar-refractivity contribution in [2.75, 3.05) is 13.1 Å². The highest BCUT2D eigenvalue weighted by atomic mass is 16.6. The molecule has 0 saturated carbocycles. The van der Waals surface area contributed by atoms with Gasteiger partial charge in [-0.1, -0.05) is 0 Å². The van der Waals surface area contributed by atoms with Crippen LogP contribution in [0.3, 0.4) is 0 Å². The average molecular weight is 322 g/mol. The molecule has 0 unspecified atom stereocenters. The highest BCUT2D eigenvalue weighted by molar-refractivity contribution is 5.68. The molecule has 6 nitrogen and oxygen atoms in total. The summed E-state index contributed by atoms with van der Waals surface area (Å²) in [6, 6.07) is 0.301. The fourth-order valence-electron chi connectivity index (χ4n) is 2.96. The van der Waals surface area contributed by atoms with Crippen molar-refractivity contribution < 1.29 is 9.53 Å². The number of carbonyl (C=O) groups is 1. The second kappa shape index (κ2) is 6.91. The number of hydrogen-bond donors (Lipinski definition) is 1. The molecule has 1 aliphatic heterocycles. The van der Waals surface area contributed by atoms with Gasteiger partial charge in [-0.25, -0.2) is 4.79 Å². The fourth-order valence-corrected chi connectivity index (χ4v) is 2.96. The van der Waals surface area contributed by atoms with Crippen LogP contribution in [0.1, 0.15) is 50.6 Å². The van der Waals surface area contributed by atoms with E-state index >= 15 is 0 Å². The van der Waals surface area contributed by atoms with Gasteiger partial charge in [0, 0.05) is 44.0 Å². The van der Waals surface area contributed by atoms with Crippen LogP contribution in [0.4, 0.5) is 4.79 Å². The van der Waals surface area contributed by atoms with Gasteiger partial charge >= 0.3 is 6.09 Å². The zero-order valence-electron chi connectivity index (χ0n) is 15.3. The number of aryl methyl sites for hydroxylation is 2. The first-order chi connectivity index (χ1) is 10.7. The first-order valence-electron chi connectivity index (χ1n) is 8.38. The lowest BCUT2D eigenvalue weighted by Crippen LogP contribution is -2.49. The summed E-state index contributed by atoms with van der Waals surface area (Å²) in [5, 5.41) is 8.03. The molecule has 1 aliphatic rings. The zero-order chi connectivity index (χ0) is 17.2. The average Bonchev–Trinajstić information content (AvgIpc) is 2.69. The molecule has 1 aromatic heterocycles. The molecule has 1 saturated heterocycles. The summed E-state index contributed by atoms with van der Waals surface area (Å²) in [6.07, 6.45) is 1.87. The summed E-state index contributed by atoms with van der Waals surface area (Å²) in [5.41, 5.74) is 3.07. The van der Waals surface area contributed by atoms with Crippen LogP contribution in [-0.4, -0.2) is 45.5 Å². The predicted molar refractivity (Wildman–Crippen MR) is 90.4 cm³/mol. The highest BCUT2D eigenvalue weighted by Crippen LogP contribution is 2.17. The van der Waals surface area contributed by atoms with Crippen molar-refractivity contribution >= 4 is 6.09 Å². The van der Waals surface area contributed by atoms with Crippen molar-refractivity contribution in [3.05, 3.63) is 17.0 Å². The van der Waals surface area contributed by atoms with Crippen LogP contribution in [0.25, 0.3) is 0 Å². The number of likely N-dealkylation sites (tertiary alicyclic amines) is 1. The Balaban J connectivity index is 1.90. The van der Waals surface area contributed by atoms with Crippen LogP contribution < -0.4 is 5.32 Å². The maximum atomic E-state index is 12.2. The van der Waals surface area contributed by atoms with Gasteiger partial charge in [0.15, 0.2) is 0 Å². The van der Waals surface area contributed by atoms with Crippen molar-refractivity contribution in [1.82, 2.24) is 20.0 Å². The standard InChI is InChI=1S/C17H30N4O2/c1-12-15(13(2)20(6)19-12)10-18-14-8-7-9-21(11-14)16(22)23-17(3,4)5/h14,18H,7-11H2,1-6H3/t14-/m0/s1. The van der Waals surface area contributed by atoms with E-state index in [0.717, 1.165) is 31.6 Å². The number of piperidine rings is 1. The van der Waals surface area contributed by atoms with Crippen LogP contribution in [0.2, 0.25) is 0 Å². The second-order valence-corrected chi connectivity index (χ2v) is 7.42. The van der Waals surface area contributed by atoms with Crippen molar-refractivity contribution in [3.63, 3.8) is 0 Å². The largest absolute Gasteiger partial charge is 0.444 e. The topological polar surface area (TPSA) is 59.4 Å². The first kappa shape index (κ1) is 17.8. The van der Waals surface area contributed by atoms with E-state index in [9.17, 15) is 4.79 Å². The first-order valence-corrected chi connectivity index (χ1v) is 8.38. The van der Waals surface area contributed by atoms with E-state index in [1.165, 1.54) is 11.3 Å². The van der Waals surface area contributed by atoms with Crippen LogP contribution in [0.5, 0.6) is 0 Å². The number of rotatable bonds is 3. The number of nitrogens with one attached hydrogen (secondary N) is 1. The number of hydrogen-bond acceptors (Lipinski definition) is 4. The zero-order valence-corrected chi connectivity index (χ0v) is 15.3. The molecule has 0 aromatic carbocycles. The Labute approximate surface area is 139 Å². The summed E-state index contributed by atoms with van der Waals surface area (Å²) < 4.78 is 7.39. The van der Waals surface area contributed by atoms with Crippen molar-refractivity contribution in [2.45, 2.75) is 65.6 Å². The van der Waals surface area contributed by atoms with E-state index in [-0.39, 0.29) is 6.09 Å². The van der Waals surface area contributed by atoms with Crippen LogP contribution >= 0.6 is 0 Å². The molecule has 23 heavy (non-hydrogen) atoms. The quantitative estimate of drug-likeness (QED) is 0.929. The molecule has 0 bridgehead atoms. The molecule has 2 rings (SSSR count). The van der Waals surface area contributed by atoms with Crippen LogP contribution in [-0.2, 0) is 18.3 Å². The SMILES string of the molecule is Cc1nn(C)c(C)c1CN[C@H]1CCCN(C(=O)OC(C)(C)C)C1. The molecule has 130 valence electrons. The minimum absolute atomic E-state index is 0.210. The molecule has 6 heteroatoms. The second-order valence-electron chi connectivity index (χ2n) is 7.42. The third-order valence-electron chi connectivity index (χ3n) is 4.30. The predicted octanol–water partition coefficient (Wildman–Crippen LogP) is 2.53. The highest BCUT2D eigenvalue weighted by Gasteiger charge is 2.27. The fraction of sp³-hybridized carbons (Fsp3) is 0.765. The van der Waals surface area contributed by atoms with Crippen LogP contribution in [0, 0.1) is 13.8 Å². The maximum Gasteiger partial charge on any atom is 0.410 e. The Bertz CT molecular complexity index is 560. The number of amides is 1. The van der Waals surface area contributed by atoms with Gasteiger partial charge in [0.25, 0.3) is 0 Å². The van der Waals surface area contributed by atoms with Gasteiger partial charge in [0.05, 0.1) is 5.69 Å². The molecule has 1 amide bonds. The Hall–Kier alpha value is -1.56. The molecule has 1 aromatic rings. The van der Waals surface area contributed by atoms with Gasteiger partial charge in [-0.05, 0) is 47.5 Å². The molecular weight excluding hydrogens is 292 g/mol. The summed E-state index contributed by atoms with van der Waals surface area (Å²) in [4.78, 5) is 14.0. The van der Waals surface area contributed by atoms with Gasteiger partial charge in [-0.15, -0.1) is 0 Å². The molecule has 0 spiro atoms. The van der Waals surface area contributed by atoms with E-state index in [1.807, 2.05) is 44.3 Å². The Morgan fingerprint density at radius 2 is 2.09 bits per heavy atom. The summed E-state index contributed by atoms with van der Waals surface area (Å²) >= 11 is 0. The third-order valence-corrected chi connectivity index (χ3v) is 4.30. The van der Waals surface area contributed by atoms with E-state index < -0.39 is 5.60 Å². The van der Waals surface area contributed by atoms with E-state index in [4.69, 9.17) is 4.74 Å². The molecule has 1 N–H and O–H groups in total. The number of ether oxygens (including phenoxy) is 1. The van der Waals surface area contributed by atoms with Gasteiger partial charge in [0.2, 0.25) is 0 Å². The number of aromatic nitrogens is 2. The Morgan fingerprint density at radius 3 is 2.65 bits per heavy atom. The molecular formula is C17H30N4O2. The Morgan fingerprint density at radius 1 is 1.39 bits per heavy atom. The Kier molecular flexibility index (Phi) is 5.34. The minimum atomic E-state index is -0.443. The van der Waals surface area contributed by atoms with E-state index in [0.29, 0.717) is 12.6 Å². The van der Waals surface area contributed by atoms with Gasteiger partial charge < -0.3 is 15.0 Å². The molecule has 1 fully saturated rings. The lowest BCUT2D eigenvalue weighted by Gasteiger charge is -2.34. The van der Waals surface area contributed by atoms with Crippen molar-refractivity contribution in [2.24, 2.45) is 7.05 Å². The molecule has 2 heterocycles. The van der Waals surface area contributed by atoms with Gasteiger partial charge in [-0.2, -0.15) is 5.10 Å². The smallest absolute Gasteiger partial charge is 0.410 e. The molecule has 0 radical (unpaired) electrons. The lowest BCUT2D eigenvalue weighted by molar-refractivity contribution is 0.0187. The molecule has 0 aliphatic carbocycles. The van der Waals surface area contributed by atoms with Crippen molar-refractivity contribution in [3.8, 4) is 0 Å². The van der Waals surface area contributed by atoms with Gasteiger partial charge in [0.1, 0.15) is 5.60 Å². The third kappa shape index (κ3) is 4.70. The molecule has 1 atom stereocenters. The monoisotopic (exact) mass is 322 g/mol. The number of nitrogens with zero attached hydrogens (tertiary/aromatic N) is 3. The summed E-state index contributed by atoms with van der Waals surface area (Å²) in [5.74, 6) is 0. The lowest BCUT2D eigenvalue weighted by atomic mass is 10.1.